The van der Waals surface area contributed by atoms with Crippen molar-refractivity contribution < 1.29 is 4.79 Å². The highest BCUT2D eigenvalue weighted by atomic mass is 79.9. The molecule has 0 amide bonds. The number of carbonyl (C=O) groups is 1. The van der Waals surface area contributed by atoms with Crippen LogP contribution in [0.3, 0.4) is 0 Å². The Morgan fingerprint density at radius 3 is 2.56 bits per heavy atom. The van der Waals surface area contributed by atoms with Crippen LogP contribution in [0.25, 0.3) is 11.1 Å². The van der Waals surface area contributed by atoms with E-state index in [4.69, 9.17) is 0 Å². The van der Waals surface area contributed by atoms with E-state index in [0.717, 1.165) is 33.0 Å². The molecule has 80 valence electrons. The van der Waals surface area contributed by atoms with Crippen LogP contribution in [0, 0.1) is 6.92 Å². The summed E-state index contributed by atoms with van der Waals surface area (Å²) in [5, 5.41) is 0. The molecule has 2 aromatic rings. The van der Waals surface area contributed by atoms with Crippen LogP contribution >= 0.6 is 15.9 Å². The largest absolute Gasteiger partial charge is 0.298 e. The summed E-state index contributed by atoms with van der Waals surface area (Å²) < 4.78 is 1.06. The summed E-state index contributed by atoms with van der Waals surface area (Å²) in [5.74, 6) is 0. The van der Waals surface area contributed by atoms with Crippen molar-refractivity contribution in [2.75, 3.05) is 0 Å². The minimum Gasteiger partial charge on any atom is -0.298 e. The molecule has 0 heterocycles. The van der Waals surface area contributed by atoms with Crippen molar-refractivity contribution in [3.05, 3.63) is 58.1 Å². The van der Waals surface area contributed by atoms with Gasteiger partial charge in [0, 0.05) is 10.0 Å². The van der Waals surface area contributed by atoms with E-state index in [-0.39, 0.29) is 0 Å². The third-order valence-electron chi connectivity index (χ3n) is 2.52. The number of hydrogen-bond donors (Lipinski definition) is 0. The van der Waals surface area contributed by atoms with Gasteiger partial charge in [0.05, 0.1) is 0 Å². The third kappa shape index (κ3) is 2.22. The standard InChI is InChI=1S/C14H11BrO/c1-10-7-11(9-16)5-6-14(10)12-3-2-4-13(15)8-12/h2-9H,1H3. The average molecular weight is 275 g/mol. The van der Waals surface area contributed by atoms with Crippen molar-refractivity contribution in [1.82, 2.24) is 0 Å². The van der Waals surface area contributed by atoms with E-state index in [1.807, 2.05) is 37.3 Å². The lowest BCUT2D eigenvalue weighted by atomic mass is 9.99. The molecular formula is C14H11BrO. The summed E-state index contributed by atoms with van der Waals surface area (Å²) in [6.45, 7) is 2.02. The van der Waals surface area contributed by atoms with E-state index in [0.29, 0.717) is 0 Å². The Balaban J connectivity index is 2.52. The zero-order valence-electron chi connectivity index (χ0n) is 8.91. The van der Waals surface area contributed by atoms with Crippen LogP contribution in [0.4, 0.5) is 0 Å². The molecule has 0 spiro atoms. The zero-order valence-corrected chi connectivity index (χ0v) is 10.5. The topological polar surface area (TPSA) is 17.1 Å². The fourth-order valence-electron chi connectivity index (χ4n) is 1.74. The summed E-state index contributed by atoms with van der Waals surface area (Å²) in [6.07, 6.45) is 0.873. The van der Waals surface area contributed by atoms with Crippen molar-refractivity contribution in [2.24, 2.45) is 0 Å². The Morgan fingerprint density at radius 2 is 1.94 bits per heavy atom. The summed E-state index contributed by atoms with van der Waals surface area (Å²) in [4.78, 5) is 10.7. The lowest BCUT2D eigenvalue weighted by molar-refractivity contribution is 0.112. The second kappa shape index (κ2) is 4.62. The van der Waals surface area contributed by atoms with Crippen LogP contribution < -0.4 is 0 Å². The smallest absolute Gasteiger partial charge is 0.150 e. The van der Waals surface area contributed by atoms with Crippen LogP contribution in [0.2, 0.25) is 0 Å². The molecule has 0 aliphatic heterocycles. The molecule has 2 heteroatoms. The van der Waals surface area contributed by atoms with Gasteiger partial charge < -0.3 is 0 Å². The Hall–Kier alpha value is -1.41. The maximum atomic E-state index is 10.7. The molecule has 2 aromatic carbocycles. The Bertz CT molecular complexity index is 532. The first kappa shape index (κ1) is 11.1. The van der Waals surface area contributed by atoms with E-state index in [9.17, 15) is 4.79 Å². The summed E-state index contributed by atoms with van der Waals surface area (Å²) in [6, 6.07) is 13.9. The maximum Gasteiger partial charge on any atom is 0.150 e. The predicted octanol–water partition coefficient (Wildman–Crippen LogP) is 4.24. The van der Waals surface area contributed by atoms with E-state index in [1.165, 1.54) is 0 Å². The van der Waals surface area contributed by atoms with Crippen LogP contribution in [-0.2, 0) is 0 Å². The molecule has 16 heavy (non-hydrogen) atoms. The molecule has 0 saturated heterocycles. The zero-order chi connectivity index (χ0) is 11.5. The molecule has 0 saturated carbocycles. The van der Waals surface area contributed by atoms with Crippen LogP contribution in [0.15, 0.2) is 46.9 Å². The molecule has 0 radical (unpaired) electrons. The van der Waals surface area contributed by atoms with Gasteiger partial charge in [-0.1, -0.05) is 40.2 Å². The minimum absolute atomic E-state index is 0.719. The van der Waals surface area contributed by atoms with Crippen LogP contribution in [0.1, 0.15) is 15.9 Å². The van der Waals surface area contributed by atoms with Gasteiger partial charge in [0.25, 0.3) is 0 Å². The highest BCUT2D eigenvalue weighted by molar-refractivity contribution is 9.10. The SMILES string of the molecule is Cc1cc(C=O)ccc1-c1cccc(Br)c1. The Morgan fingerprint density at radius 1 is 1.12 bits per heavy atom. The van der Waals surface area contributed by atoms with Gasteiger partial charge in [0.2, 0.25) is 0 Å². The summed E-state index contributed by atoms with van der Waals surface area (Å²) in [5.41, 5.74) is 4.15. The lowest BCUT2D eigenvalue weighted by Crippen LogP contribution is -1.86. The number of carbonyl (C=O) groups excluding carboxylic acids is 1. The molecule has 1 nitrogen and oxygen atoms in total. The summed E-state index contributed by atoms with van der Waals surface area (Å²) in [7, 11) is 0. The van der Waals surface area contributed by atoms with Crippen molar-refractivity contribution >= 4 is 22.2 Å². The highest BCUT2D eigenvalue weighted by Gasteiger charge is 2.03. The van der Waals surface area contributed by atoms with Gasteiger partial charge in [0.1, 0.15) is 6.29 Å². The number of aldehydes is 1. The van der Waals surface area contributed by atoms with E-state index < -0.39 is 0 Å². The van der Waals surface area contributed by atoms with Gasteiger partial charge in [0.15, 0.2) is 0 Å². The average Bonchev–Trinajstić information content (AvgIpc) is 2.28. The molecule has 0 aromatic heterocycles. The lowest BCUT2D eigenvalue weighted by Gasteiger charge is -2.07. The van der Waals surface area contributed by atoms with Gasteiger partial charge in [-0.3, -0.25) is 4.79 Å². The van der Waals surface area contributed by atoms with Crippen LogP contribution in [-0.4, -0.2) is 6.29 Å². The fraction of sp³-hybridized carbons (Fsp3) is 0.0714. The Labute approximate surface area is 103 Å². The molecule has 0 aliphatic carbocycles. The van der Waals surface area contributed by atoms with Crippen molar-refractivity contribution in [3.8, 4) is 11.1 Å². The predicted molar refractivity (Wildman–Crippen MR) is 69.7 cm³/mol. The van der Waals surface area contributed by atoms with Gasteiger partial charge in [-0.25, -0.2) is 0 Å². The van der Waals surface area contributed by atoms with Gasteiger partial charge in [-0.05, 0) is 41.8 Å². The molecule has 2 rings (SSSR count). The van der Waals surface area contributed by atoms with E-state index in [2.05, 4.69) is 28.1 Å². The summed E-state index contributed by atoms with van der Waals surface area (Å²) >= 11 is 3.46. The third-order valence-corrected chi connectivity index (χ3v) is 3.02. The minimum atomic E-state index is 0.719. The second-order valence-electron chi connectivity index (χ2n) is 3.70. The number of aryl methyl sites for hydroxylation is 1. The molecule has 0 bridgehead atoms. The first-order valence-corrected chi connectivity index (χ1v) is 5.82. The molecule has 0 atom stereocenters. The number of hydrogen-bond acceptors (Lipinski definition) is 1. The highest BCUT2D eigenvalue weighted by Crippen LogP contribution is 2.26. The van der Waals surface area contributed by atoms with Crippen molar-refractivity contribution in [2.45, 2.75) is 6.92 Å². The van der Waals surface area contributed by atoms with Gasteiger partial charge >= 0.3 is 0 Å². The maximum absolute atomic E-state index is 10.7. The number of benzene rings is 2. The van der Waals surface area contributed by atoms with E-state index >= 15 is 0 Å². The molecule has 0 unspecified atom stereocenters. The quantitative estimate of drug-likeness (QED) is 0.749. The normalized spacial score (nSPS) is 10.1. The number of halogens is 1. The number of rotatable bonds is 2. The van der Waals surface area contributed by atoms with Crippen LogP contribution in [0.5, 0.6) is 0 Å². The van der Waals surface area contributed by atoms with Crippen molar-refractivity contribution in [1.29, 1.82) is 0 Å². The first-order valence-electron chi connectivity index (χ1n) is 5.02. The van der Waals surface area contributed by atoms with Crippen molar-refractivity contribution in [3.63, 3.8) is 0 Å². The Kier molecular flexibility index (Phi) is 3.20. The monoisotopic (exact) mass is 274 g/mol. The molecule has 0 N–H and O–H groups in total. The van der Waals surface area contributed by atoms with E-state index in [1.54, 1.807) is 0 Å². The van der Waals surface area contributed by atoms with Gasteiger partial charge in [-0.2, -0.15) is 0 Å². The second-order valence-corrected chi connectivity index (χ2v) is 4.62. The fourth-order valence-corrected chi connectivity index (χ4v) is 2.14. The van der Waals surface area contributed by atoms with Gasteiger partial charge in [-0.15, -0.1) is 0 Å². The molecule has 0 fully saturated rings. The molecule has 0 aliphatic rings. The molecular weight excluding hydrogens is 264 g/mol. The first-order chi connectivity index (χ1) is 7.70.